The second kappa shape index (κ2) is 13.5. The first-order chi connectivity index (χ1) is 7.81. The van der Waals surface area contributed by atoms with Crippen molar-refractivity contribution in [1.82, 2.24) is 0 Å². The van der Waals surface area contributed by atoms with Gasteiger partial charge in [-0.3, -0.25) is 0 Å². The predicted octanol–water partition coefficient (Wildman–Crippen LogP) is 5.64. The normalized spacial score (nSPS) is 10.7. The molecule has 0 amide bonds. The number of allylic oxidation sites excluding steroid dienone is 1. The molecule has 15 heavy (non-hydrogen) atoms. The molecule has 0 aliphatic carbocycles. The Morgan fingerprint density at radius 1 is 0.867 bits per heavy atom. The van der Waals surface area contributed by atoms with Crippen LogP contribution in [0.15, 0.2) is 17.9 Å². The van der Waals surface area contributed by atoms with Crippen LogP contribution in [0.5, 0.6) is 0 Å². The predicted molar refractivity (Wildman–Crippen MR) is 70.2 cm³/mol. The Labute approximate surface area is 97.9 Å². The highest BCUT2D eigenvalue weighted by atomic mass is 13.9. The van der Waals surface area contributed by atoms with E-state index in [1.54, 1.807) is 0 Å². The lowest BCUT2D eigenvalue weighted by Crippen LogP contribution is -1.77. The van der Waals surface area contributed by atoms with E-state index in [-0.39, 0.29) is 0 Å². The quantitative estimate of drug-likeness (QED) is 0.323. The minimum atomic E-state index is 0.674. The molecule has 88 valence electrons. The smallest absolute Gasteiger partial charge is 0.0666 e. The largest absolute Gasteiger partial charge is 0.130 e. The van der Waals surface area contributed by atoms with Gasteiger partial charge < -0.3 is 0 Å². The third kappa shape index (κ3) is 13.5. The molecular formula is C15H28. The van der Waals surface area contributed by atoms with Crippen LogP contribution >= 0.6 is 0 Å². The molecule has 0 N–H and O–H groups in total. The minimum absolute atomic E-state index is 0.674. The summed E-state index contributed by atoms with van der Waals surface area (Å²) in [6, 6.07) is 0.674. The van der Waals surface area contributed by atoms with Crippen molar-refractivity contribution in [2.24, 2.45) is 0 Å². The van der Waals surface area contributed by atoms with Gasteiger partial charge in [0.2, 0.25) is 0 Å². The van der Waals surface area contributed by atoms with Gasteiger partial charge in [0.1, 0.15) is 0 Å². The van der Waals surface area contributed by atoms with Crippen LogP contribution in [0.2, 0.25) is 0 Å². The number of rotatable bonds is 10. The van der Waals surface area contributed by atoms with Gasteiger partial charge in [-0.2, -0.15) is 0 Å². The molecule has 0 fully saturated rings. The number of hydrogen-bond acceptors (Lipinski definition) is 0. The van der Waals surface area contributed by atoms with E-state index in [9.17, 15) is 0 Å². The fraction of sp³-hybridized carbons (Fsp3) is 0.800. The summed E-state index contributed by atoms with van der Waals surface area (Å²) in [5, 5.41) is 0. The SMILES string of the molecule is [2H]C(=C=CCCCCCCCC)CCCC. The van der Waals surface area contributed by atoms with Crippen molar-refractivity contribution in [2.75, 3.05) is 0 Å². The van der Waals surface area contributed by atoms with Crippen LogP contribution in [0.25, 0.3) is 0 Å². The Morgan fingerprint density at radius 3 is 2.27 bits per heavy atom. The number of hydrogen-bond donors (Lipinski definition) is 0. The lowest BCUT2D eigenvalue weighted by atomic mass is 10.1. The molecule has 0 heterocycles. The van der Waals surface area contributed by atoms with Gasteiger partial charge in [-0.25, -0.2) is 0 Å². The zero-order valence-corrected chi connectivity index (χ0v) is 10.6. The minimum Gasteiger partial charge on any atom is -0.130 e. The molecule has 0 saturated heterocycles. The van der Waals surface area contributed by atoms with Gasteiger partial charge in [0.15, 0.2) is 0 Å². The van der Waals surface area contributed by atoms with Gasteiger partial charge in [-0.1, -0.05) is 52.4 Å². The maximum atomic E-state index is 7.62. The van der Waals surface area contributed by atoms with E-state index >= 15 is 0 Å². The summed E-state index contributed by atoms with van der Waals surface area (Å²) in [4.78, 5) is 0. The Morgan fingerprint density at radius 2 is 1.53 bits per heavy atom. The fourth-order valence-electron chi connectivity index (χ4n) is 1.51. The molecule has 0 aromatic heterocycles. The van der Waals surface area contributed by atoms with Gasteiger partial charge in [0.25, 0.3) is 0 Å². The van der Waals surface area contributed by atoms with Crippen LogP contribution in [0.1, 0.15) is 79.4 Å². The molecule has 0 unspecified atom stereocenters. The molecule has 0 spiro atoms. The second-order valence-corrected chi connectivity index (χ2v) is 4.19. The number of unbranched alkanes of at least 4 members (excludes halogenated alkanes) is 7. The van der Waals surface area contributed by atoms with Crippen LogP contribution in [-0.4, -0.2) is 0 Å². The van der Waals surface area contributed by atoms with E-state index < -0.39 is 0 Å². The molecule has 0 aromatic rings. The van der Waals surface area contributed by atoms with Gasteiger partial charge >= 0.3 is 0 Å². The van der Waals surface area contributed by atoms with Crippen LogP contribution in [-0.2, 0) is 0 Å². The lowest BCUT2D eigenvalue weighted by Gasteiger charge is -1.96. The van der Waals surface area contributed by atoms with E-state index in [2.05, 4.69) is 25.7 Å². The van der Waals surface area contributed by atoms with Crippen molar-refractivity contribution in [3.05, 3.63) is 17.9 Å². The zero-order valence-electron chi connectivity index (χ0n) is 11.6. The Kier molecular flexibility index (Phi) is 11.3. The van der Waals surface area contributed by atoms with Gasteiger partial charge in [-0.05, 0) is 37.8 Å². The van der Waals surface area contributed by atoms with Crippen molar-refractivity contribution >= 4 is 0 Å². The summed E-state index contributed by atoms with van der Waals surface area (Å²) < 4.78 is 7.62. The van der Waals surface area contributed by atoms with E-state index in [0.29, 0.717) is 6.05 Å². The topological polar surface area (TPSA) is 0 Å². The van der Waals surface area contributed by atoms with E-state index in [4.69, 9.17) is 1.37 Å². The van der Waals surface area contributed by atoms with Crippen LogP contribution < -0.4 is 0 Å². The van der Waals surface area contributed by atoms with Gasteiger partial charge in [0, 0.05) is 0 Å². The maximum Gasteiger partial charge on any atom is 0.0666 e. The summed E-state index contributed by atoms with van der Waals surface area (Å²) in [7, 11) is 0. The highest BCUT2D eigenvalue weighted by Gasteiger charge is 1.87. The second-order valence-electron chi connectivity index (χ2n) is 4.19. The van der Waals surface area contributed by atoms with Gasteiger partial charge in [0.05, 0.1) is 1.37 Å². The summed E-state index contributed by atoms with van der Waals surface area (Å²) in [5.74, 6) is 0. The Hall–Kier alpha value is -0.480. The maximum absolute atomic E-state index is 7.62. The monoisotopic (exact) mass is 209 g/mol. The molecule has 0 aliphatic rings. The lowest BCUT2D eigenvalue weighted by molar-refractivity contribution is 0.611. The van der Waals surface area contributed by atoms with Gasteiger partial charge in [-0.15, -0.1) is 5.73 Å². The summed E-state index contributed by atoms with van der Waals surface area (Å²) >= 11 is 0. The first-order valence-corrected chi connectivity index (χ1v) is 6.71. The molecule has 0 radical (unpaired) electrons. The molecule has 0 nitrogen and oxygen atoms in total. The van der Waals surface area contributed by atoms with Crippen molar-refractivity contribution in [3.8, 4) is 0 Å². The third-order valence-corrected chi connectivity index (χ3v) is 2.56. The average molecular weight is 209 g/mol. The molecule has 0 heteroatoms. The van der Waals surface area contributed by atoms with Crippen molar-refractivity contribution in [1.29, 1.82) is 0 Å². The Balaban J connectivity index is 3.38. The molecule has 0 atom stereocenters. The first-order valence-electron chi connectivity index (χ1n) is 7.21. The fourth-order valence-corrected chi connectivity index (χ4v) is 1.51. The van der Waals surface area contributed by atoms with E-state index in [1.807, 2.05) is 0 Å². The van der Waals surface area contributed by atoms with Crippen LogP contribution in [0, 0.1) is 0 Å². The van der Waals surface area contributed by atoms with Crippen LogP contribution in [0.3, 0.4) is 0 Å². The summed E-state index contributed by atoms with van der Waals surface area (Å²) in [6.45, 7) is 4.41. The van der Waals surface area contributed by atoms with Crippen molar-refractivity contribution < 1.29 is 1.37 Å². The van der Waals surface area contributed by atoms with Crippen molar-refractivity contribution in [2.45, 2.75) is 78.1 Å². The highest BCUT2D eigenvalue weighted by molar-refractivity contribution is 4.84. The van der Waals surface area contributed by atoms with E-state index in [0.717, 1.165) is 19.3 Å². The molecule has 0 aromatic carbocycles. The molecule has 0 rings (SSSR count). The standard InChI is InChI=1S/C15H28/c1-3-5-7-9-11-13-15-14-12-10-8-6-4-2/h9,13H,3-8,10,12,14-15H2,1-2H3/i9D. The van der Waals surface area contributed by atoms with E-state index in [1.165, 1.54) is 44.9 Å². The highest BCUT2D eigenvalue weighted by Crippen LogP contribution is 2.06. The first kappa shape index (κ1) is 12.6. The molecule has 0 bridgehead atoms. The average Bonchev–Trinajstić information content (AvgIpc) is 2.30. The molecular weight excluding hydrogens is 180 g/mol. The third-order valence-electron chi connectivity index (χ3n) is 2.56. The molecule has 0 aliphatic heterocycles. The zero-order chi connectivity index (χ0) is 12.1. The van der Waals surface area contributed by atoms with Crippen LogP contribution in [0.4, 0.5) is 0 Å². The molecule has 0 saturated carbocycles. The summed E-state index contributed by atoms with van der Waals surface area (Å²) in [5.41, 5.74) is 3.08. The summed E-state index contributed by atoms with van der Waals surface area (Å²) in [6.07, 6.45) is 14.4. The van der Waals surface area contributed by atoms with Crippen molar-refractivity contribution in [3.63, 3.8) is 0 Å². The Bertz CT molecular complexity index is 199.